The highest BCUT2D eigenvalue weighted by molar-refractivity contribution is 6.13. The minimum Gasteiger partial charge on any atom is -0.291 e. The maximum atomic E-state index is 14.3. The minimum absolute atomic E-state index is 0.237. The molecule has 0 unspecified atom stereocenters. The number of rotatable bonds is 2. The first kappa shape index (κ1) is 17.8. The normalized spacial score (nSPS) is 11.5. The van der Waals surface area contributed by atoms with E-state index in [-0.39, 0.29) is 5.82 Å². The molecule has 0 atom stereocenters. The number of hydrogen-bond acceptors (Lipinski definition) is 1. The Balaban J connectivity index is 1.89. The Hall–Kier alpha value is -3.98. The smallest absolute Gasteiger partial charge is 0.146 e. The third-order valence-electron chi connectivity index (χ3n) is 5.88. The number of aromatic nitrogens is 2. The quantitative estimate of drug-likeness (QED) is 0.275. The Kier molecular flexibility index (Phi) is 3.90. The summed E-state index contributed by atoms with van der Waals surface area (Å²) in [5.41, 5.74) is 7.04. The van der Waals surface area contributed by atoms with Gasteiger partial charge in [-0.1, -0.05) is 84.4 Å². The summed E-state index contributed by atoms with van der Waals surface area (Å²) in [5.74, 6) is -0.237. The van der Waals surface area contributed by atoms with Crippen LogP contribution in [0.15, 0.2) is 97.1 Å². The number of aryl methyl sites for hydroxylation is 1. The maximum Gasteiger partial charge on any atom is 0.146 e. The Morgan fingerprint density at radius 3 is 2.13 bits per heavy atom. The second-order valence-electron chi connectivity index (χ2n) is 7.91. The van der Waals surface area contributed by atoms with Gasteiger partial charge < -0.3 is 0 Å². The number of halogens is 1. The van der Waals surface area contributed by atoms with E-state index in [0.29, 0.717) is 0 Å². The van der Waals surface area contributed by atoms with Gasteiger partial charge in [-0.3, -0.25) is 4.40 Å². The summed E-state index contributed by atoms with van der Waals surface area (Å²) in [5, 5.41) is 2.93. The molecule has 0 fully saturated rings. The fourth-order valence-electron chi connectivity index (χ4n) is 4.49. The van der Waals surface area contributed by atoms with Gasteiger partial charge in [-0.2, -0.15) is 0 Å². The average Bonchev–Trinajstić information content (AvgIpc) is 3.21. The van der Waals surface area contributed by atoms with Gasteiger partial charge in [0.1, 0.15) is 11.5 Å². The third-order valence-corrected chi connectivity index (χ3v) is 5.88. The summed E-state index contributed by atoms with van der Waals surface area (Å²) in [7, 11) is 0. The van der Waals surface area contributed by atoms with Crippen molar-refractivity contribution in [2.24, 2.45) is 0 Å². The number of pyridine rings is 1. The monoisotopic (exact) mass is 402 g/mol. The molecule has 2 nitrogen and oxygen atoms in total. The van der Waals surface area contributed by atoms with Crippen molar-refractivity contribution in [1.29, 1.82) is 0 Å². The predicted octanol–water partition coefficient (Wildman–Crippen LogP) is 7.42. The largest absolute Gasteiger partial charge is 0.291 e. The van der Waals surface area contributed by atoms with Crippen molar-refractivity contribution in [2.45, 2.75) is 6.92 Å². The van der Waals surface area contributed by atoms with Gasteiger partial charge >= 0.3 is 0 Å². The minimum atomic E-state index is -0.237. The Bertz CT molecular complexity index is 1580. The molecule has 0 saturated heterocycles. The van der Waals surface area contributed by atoms with E-state index < -0.39 is 0 Å². The Morgan fingerprint density at radius 2 is 1.39 bits per heavy atom. The Labute approximate surface area is 179 Å². The van der Waals surface area contributed by atoms with E-state index in [4.69, 9.17) is 4.98 Å². The molecule has 31 heavy (non-hydrogen) atoms. The van der Waals surface area contributed by atoms with E-state index in [0.717, 1.165) is 55.4 Å². The SMILES string of the molecule is Cc1ccc2c(c1)c1cc(F)ccc1n1c(-c3ccccc3)c(-c3ccccc3)nc21. The molecule has 0 saturated carbocycles. The Morgan fingerprint density at radius 1 is 0.677 bits per heavy atom. The van der Waals surface area contributed by atoms with E-state index in [1.165, 1.54) is 6.07 Å². The standard InChI is InChI=1S/C28H19FN2/c1-18-12-14-22-23(16-18)24-17-21(29)13-15-25(24)31-27(20-10-6-3-7-11-20)26(30-28(22)31)19-8-4-2-5-9-19/h2-17H,1H3. The highest BCUT2D eigenvalue weighted by Crippen LogP contribution is 2.39. The van der Waals surface area contributed by atoms with Crippen LogP contribution >= 0.6 is 0 Å². The molecule has 0 bridgehead atoms. The van der Waals surface area contributed by atoms with E-state index >= 15 is 0 Å². The van der Waals surface area contributed by atoms with Crippen molar-refractivity contribution >= 4 is 27.3 Å². The molecule has 0 N–H and O–H groups in total. The van der Waals surface area contributed by atoms with E-state index in [2.05, 4.69) is 53.8 Å². The summed E-state index contributed by atoms with van der Waals surface area (Å²) >= 11 is 0. The van der Waals surface area contributed by atoms with Gasteiger partial charge in [0.2, 0.25) is 0 Å². The molecule has 3 heteroatoms. The van der Waals surface area contributed by atoms with Crippen molar-refractivity contribution in [3.8, 4) is 22.5 Å². The fourth-order valence-corrected chi connectivity index (χ4v) is 4.49. The second-order valence-corrected chi connectivity index (χ2v) is 7.91. The van der Waals surface area contributed by atoms with Gasteiger partial charge in [-0.15, -0.1) is 0 Å². The van der Waals surface area contributed by atoms with E-state index in [1.807, 2.05) is 42.5 Å². The number of nitrogens with zero attached hydrogens (tertiary/aromatic N) is 2. The van der Waals surface area contributed by atoms with Crippen LogP contribution in [-0.2, 0) is 0 Å². The summed E-state index contributed by atoms with van der Waals surface area (Å²) in [6, 6.07) is 31.9. The average molecular weight is 402 g/mol. The van der Waals surface area contributed by atoms with Gasteiger partial charge in [-0.25, -0.2) is 9.37 Å². The van der Waals surface area contributed by atoms with Crippen LogP contribution in [0.4, 0.5) is 4.39 Å². The van der Waals surface area contributed by atoms with E-state index in [1.54, 1.807) is 6.07 Å². The first-order chi connectivity index (χ1) is 15.2. The zero-order valence-corrected chi connectivity index (χ0v) is 17.0. The lowest BCUT2D eigenvalue weighted by atomic mass is 10.0. The fraction of sp³-hybridized carbons (Fsp3) is 0.0357. The van der Waals surface area contributed by atoms with Crippen LogP contribution in [0.5, 0.6) is 0 Å². The number of hydrogen-bond donors (Lipinski definition) is 0. The molecule has 2 aromatic heterocycles. The lowest BCUT2D eigenvalue weighted by molar-refractivity contribution is 0.629. The van der Waals surface area contributed by atoms with Gasteiger partial charge in [0.05, 0.1) is 16.9 Å². The van der Waals surface area contributed by atoms with Gasteiger partial charge in [-0.05, 0) is 30.5 Å². The van der Waals surface area contributed by atoms with Crippen LogP contribution in [0.25, 0.3) is 49.8 Å². The molecule has 6 rings (SSSR count). The molecule has 0 aliphatic carbocycles. The zero-order valence-electron chi connectivity index (χ0n) is 17.0. The topological polar surface area (TPSA) is 17.3 Å². The summed E-state index contributed by atoms with van der Waals surface area (Å²) in [4.78, 5) is 5.16. The summed E-state index contributed by atoms with van der Waals surface area (Å²) in [6.45, 7) is 2.06. The molecule has 6 aromatic rings. The molecule has 0 spiro atoms. The number of fused-ring (bicyclic) bond motifs is 6. The van der Waals surface area contributed by atoms with Crippen LogP contribution in [0.1, 0.15) is 5.56 Å². The van der Waals surface area contributed by atoms with Crippen molar-refractivity contribution in [1.82, 2.24) is 9.38 Å². The summed E-state index contributed by atoms with van der Waals surface area (Å²) < 4.78 is 16.5. The van der Waals surface area contributed by atoms with Crippen LogP contribution in [0.3, 0.4) is 0 Å². The van der Waals surface area contributed by atoms with Gasteiger partial charge in [0.25, 0.3) is 0 Å². The van der Waals surface area contributed by atoms with Crippen LogP contribution < -0.4 is 0 Å². The summed E-state index contributed by atoms with van der Waals surface area (Å²) in [6.07, 6.45) is 0. The zero-order chi connectivity index (χ0) is 20.9. The van der Waals surface area contributed by atoms with Crippen molar-refractivity contribution in [2.75, 3.05) is 0 Å². The molecule has 0 radical (unpaired) electrons. The second kappa shape index (κ2) is 6.78. The van der Waals surface area contributed by atoms with E-state index in [9.17, 15) is 4.39 Å². The van der Waals surface area contributed by atoms with Crippen LogP contribution in [-0.4, -0.2) is 9.38 Å². The molecule has 148 valence electrons. The lowest BCUT2D eigenvalue weighted by Gasteiger charge is -2.12. The highest BCUT2D eigenvalue weighted by atomic mass is 19.1. The van der Waals surface area contributed by atoms with Crippen molar-refractivity contribution < 1.29 is 4.39 Å². The first-order valence-electron chi connectivity index (χ1n) is 10.4. The lowest BCUT2D eigenvalue weighted by Crippen LogP contribution is -1.95. The van der Waals surface area contributed by atoms with Gasteiger partial charge in [0, 0.05) is 21.9 Å². The molecule has 2 heterocycles. The van der Waals surface area contributed by atoms with Crippen LogP contribution in [0, 0.1) is 12.7 Å². The molecule has 0 amide bonds. The predicted molar refractivity (Wildman–Crippen MR) is 126 cm³/mol. The maximum absolute atomic E-state index is 14.3. The van der Waals surface area contributed by atoms with Gasteiger partial charge in [0.15, 0.2) is 0 Å². The molecular weight excluding hydrogens is 383 g/mol. The first-order valence-corrected chi connectivity index (χ1v) is 10.4. The van der Waals surface area contributed by atoms with Crippen molar-refractivity contribution in [3.05, 3.63) is 108 Å². The molecular formula is C28H19FN2. The number of imidazole rings is 1. The van der Waals surface area contributed by atoms with Crippen LogP contribution in [0.2, 0.25) is 0 Å². The highest BCUT2D eigenvalue weighted by Gasteiger charge is 2.20. The molecule has 0 aliphatic rings. The molecule has 4 aromatic carbocycles. The third kappa shape index (κ3) is 2.74. The molecule has 0 aliphatic heterocycles. The number of benzene rings is 4. The van der Waals surface area contributed by atoms with Crippen molar-refractivity contribution in [3.63, 3.8) is 0 Å².